The predicted octanol–water partition coefficient (Wildman–Crippen LogP) is 1.76. The number of likely N-dealkylation sites (tertiary alicyclic amines) is 1. The molecule has 1 heterocycles. The first-order chi connectivity index (χ1) is 7.59. The monoisotopic (exact) mass is 224 g/mol. The van der Waals surface area contributed by atoms with E-state index in [4.69, 9.17) is 5.73 Å². The third kappa shape index (κ3) is 1.86. The van der Waals surface area contributed by atoms with E-state index in [0.717, 1.165) is 32.4 Å². The van der Waals surface area contributed by atoms with Crippen LogP contribution >= 0.6 is 0 Å². The van der Waals surface area contributed by atoms with Gasteiger partial charge in [-0.3, -0.25) is 4.79 Å². The van der Waals surface area contributed by atoms with Crippen molar-refractivity contribution in [2.45, 2.75) is 52.0 Å². The standard InChI is InChI=1S/C13H24N2O/c1-3-13(6-4-5-7-13)12(16)15-8-10(2)11(14)9-15/h10-11H,3-9,14H2,1-2H3. The summed E-state index contributed by atoms with van der Waals surface area (Å²) in [7, 11) is 0. The van der Waals surface area contributed by atoms with Crippen LogP contribution in [0.5, 0.6) is 0 Å². The van der Waals surface area contributed by atoms with E-state index in [2.05, 4.69) is 13.8 Å². The molecule has 0 spiro atoms. The van der Waals surface area contributed by atoms with E-state index in [1.165, 1.54) is 12.8 Å². The normalized spacial score (nSPS) is 33.3. The molecule has 1 saturated heterocycles. The lowest BCUT2D eigenvalue weighted by Gasteiger charge is -2.31. The number of rotatable bonds is 2. The number of nitrogens with zero attached hydrogens (tertiary/aromatic N) is 1. The average molecular weight is 224 g/mol. The minimum absolute atomic E-state index is 0.0379. The minimum atomic E-state index is -0.0379. The first-order valence-electron chi connectivity index (χ1n) is 6.64. The Hall–Kier alpha value is -0.570. The fraction of sp³-hybridized carbons (Fsp3) is 0.923. The largest absolute Gasteiger partial charge is 0.340 e. The second kappa shape index (κ2) is 4.36. The molecule has 3 nitrogen and oxygen atoms in total. The molecular formula is C13H24N2O. The van der Waals surface area contributed by atoms with Crippen LogP contribution in [0.3, 0.4) is 0 Å². The van der Waals surface area contributed by atoms with E-state index in [-0.39, 0.29) is 11.5 Å². The molecule has 1 amide bonds. The summed E-state index contributed by atoms with van der Waals surface area (Å²) in [4.78, 5) is 14.6. The molecule has 2 unspecified atom stereocenters. The Kier molecular flexibility index (Phi) is 3.24. The first-order valence-corrected chi connectivity index (χ1v) is 6.64. The van der Waals surface area contributed by atoms with E-state index in [1.807, 2.05) is 4.90 Å². The molecule has 3 heteroatoms. The van der Waals surface area contributed by atoms with Crippen LogP contribution in [0.2, 0.25) is 0 Å². The fourth-order valence-corrected chi connectivity index (χ4v) is 3.26. The van der Waals surface area contributed by atoms with E-state index >= 15 is 0 Å². The zero-order valence-corrected chi connectivity index (χ0v) is 10.5. The second-order valence-electron chi connectivity index (χ2n) is 5.69. The number of carbonyl (C=O) groups is 1. The highest BCUT2D eigenvalue weighted by molar-refractivity contribution is 5.83. The molecule has 1 aliphatic heterocycles. The van der Waals surface area contributed by atoms with Crippen molar-refractivity contribution in [3.05, 3.63) is 0 Å². The molecule has 2 rings (SSSR count). The smallest absolute Gasteiger partial charge is 0.228 e. The van der Waals surface area contributed by atoms with Gasteiger partial charge in [0.25, 0.3) is 0 Å². The Morgan fingerprint density at radius 2 is 2.00 bits per heavy atom. The molecule has 2 fully saturated rings. The molecule has 0 aromatic carbocycles. The highest BCUT2D eigenvalue weighted by atomic mass is 16.2. The van der Waals surface area contributed by atoms with E-state index in [9.17, 15) is 4.79 Å². The van der Waals surface area contributed by atoms with Gasteiger partial charge < -0.3 is 10.6 Å². The number of hydrogen-bond donors (Lipinski definition) is 1. The van der Waals surface area contributed by atoms with Gasteiger partial charge in [0.15, 0.2) is 0 Å². The van der Waals surface area contributed by atoms with Crippen molar-refractivity contribution < 1.29 is 4.79 Å². The van der Waals surface area contributed by atoms with Gasteiger partial charge in [-0.25, -0.2) is 0 Å². The lowest BCUT2D eigenvalue weighted by molar-refractivity contribution is -0.141. The Morgan fingerprint density at radius 1 is 1.38 bits per heavy atom. The van der Waals surface area contributed by atoms with Crippen molar-refractivity contribution in [2.75, 3.05) is 13.1 Å². The molecule has 92 valence electrons. The molecule has 16 heavy (non-hydrogen) atoms. The van der Waals surface area contributed by atoms with Crippen molar-refractivity contribution in [3.63, 3.8) is 0 Å². The average Bonchev–Trinajstić information content (AvgIpc) is 2.87. The van der Waals surface area contributed by atoms with Gasteiger partial charge >= 0.3 is 0 Å². The van der Waals surface area contributed by atoms with Gasteiger partial charge in [0, 0.05) is 24.5 Å². The van der Waals surface area contributed by atoms with Crippen LogP contribution < -0.4 is 5.73 Å². The number of carbonyl (C=O) groups excluding carboxylic acids is 1. The van der Waals surface area contributed by atoms with Crippen molar-refractivity contribution in [1.29, 1.82) is 0 Å². The molecule has 0 bridgehead atoms. The molecule has 2 aliphatic rings. The maximum absolute atomic E-state index is 12.6. The second-order valence-corrected chi connectivity index (χ2v) is 5.69. The Balaban J connectivity index is 2.07. The van der Waals surface area contributed by atoms with Gasteiger partial charge in [-0.05, 0) is 25.2 Å². The molecular weight excluding hydrogens is 200 g/mol. The lowest BCUT2D eigenvalue weighted by atomic mass is 9.82. The fourth-order valence-electron chi connectivity index (χ4n) is 3.26. The topological polar surface area (TPSA) is 46.3 Å². The molecule has 2 atom stereocenters. The summed E-state index contributed by atoms with van der Waals surface area (Å²) in [6.45, 7) is 5.93. The molecule has 0 aromatic heterocycles. The molecule has 1 aliphatic carbocycles. The quantitative estimate of drug-likeness (QED) is 0.777. The summed E-state index contributed by atoms with van der Waals surface area (Å²) in [5.74, 6) is 0.839. The minimum Gasteiger partial charge on any atom is -0.340 e. The molecule has 1 saturated carbocycles. The Labute approximate surface area is 98.4 Å². The Bertz CT molecular complexity index is 261. The van der Waals surface area contributed by atoms with Crippen LogP contribution in [0, 0.1) is 11.3 Å². The first kappa shape index (κ1) is 11.9. The number of amides is 1. The number of nitrogens with two attached hydrogens (primary N) is 1. The molecule has 0 aromatic rings. The summed E-state index contributed by atoms with van der Waals surface area (Å²) in [6, 6.07) is 0.180. The lowest BCUT2D eigenvalue weighted by Crippen LogP contribution is -2.42. The highest BCUT2D eigenvalue weighted by Crippen LogP contribution is 2.43. The van der Waals surface area contributed by atoms with Crippen LogP contribution in [0.1, 0.15) is 46.0 Å². The van der Waals surface area contributed by atoms with E-state index in [0.29, 0.717) is 11.8 Å². The third-order valence-electron chi connectivity index (χ3n) is 4.65. The summed E-state index contributed by atoms with van der Waals surface area (Å²) in [5.41, 5.74) is 5.96. The van der Waals surface area contributed by atoms with Gasteiger partial charge in [0.2, 0.25) is 5.91 Å². The van der Waals surface area contributed by atoms with Crippen LogP contribution in [0.25, 0.3) is 0 Å². The summed E-state index contributed by atoms with van der Waals surface area (Å²) < 4.78 is 0. The van der Waals surface area contributed by atoms with Crippen molar-refractivity contribution in [1.82, 2.24) is 4.90 Å². The molecule has 0 radical (unpaired) electrons. The van der Waals surface area contributed by atoms with Crippen molar-refractivity contribution in [2.24, 2.45) is 17.1 Å². The predicted molar refractivity (Wildman–Crippen MR) is 64.9 cm³/mol. The van der Waals surface area contributed by atoms with Crippen molar-refractivity contribution >= 4 is 5.91 Å². The summed E-state index contributed by atoms with van der Waals surface area (Å²) >= 11 is 0. The van der Waals surface area contributed by atoms with Crippen molar-refractivity contribution in [3.8, 4) is 0 Å². The molecule has 2 N–H and O–H groups in total. The third-order valence-corrected chi connectivity index (χ3v) is 4.65. The van der Waals surface area contributed by atoms with Gasteiger partial charge in [-0.15, -0.1) is 0 Å². The van der Waals surface area contributed by atoms with Crippen LogP contribution in [-0.2, 0) is 4.79 Å². The maximum atomic E-state index is 12.6. The van der Waals surface area contributed by atoms with Gasteiger partial charge in [-0.1, -0.05) is 26.7 Å². The highest BCUT2D eigenvalue weighted by Gasteiger charge is 2.44. The maximum Gasteiger partial charge on any atom is 0.228 e. The zero-order valence-electron chi connectivity index (χ0n) is 10.5. The van der Waals surface area contributed by atoms with Crippen LogP contribution in [0.15, 0.2) is 0 Å². The van der Waals surface area contributed by atoms with Gasteiger partial charge in [0.1, 0.15) is 0 Å². The van der Waals surface area contributed by atoms with Crippen LogP contribution in [-0.4, -0.2) is 29.9 Å². The number of hydrogen-bond acceptors (Lipinski definition) is 2. The van der Waals surface area contributed by atoms with E-state index < -0.39 is 0 Å². The summed E-state index contributed by atoms with van der Waals surface area (Å²) in [5, 5.41) is 0. The van der Waals surface area contributed by atoms with E-state index in [1.54, 1.807) is 0 Å². The van der Waals surface area contributed by atoms with Gasteiger partial charge in [-0.2, -0.15) is 0 Å². The Morgan fingerprint density at radius 3 is 2.44 bits per heavy atom. The van der Waals surface area contributed by atoms with Gasteiger partial charge in [0.05, 0.1) is 0 Å². The zero-order chi connectivity index (χ0) is 11.8. The SMILES string of the molecule is CCC1(C(=O)N2CC(C)C(N)C2)CCCC1. The summed E-state index contributed by atoms with van der Waals surface area (Å²) in [6.07, 6.45) is 5.60. The van der Waals surface area contributed by atoms with Crippen LogP contribution in [0.4, 0.5) is 0 Å².